The van der Waals surface area contributed by atoms with Gasteiger partial charge in [0, 0.05) is 37.8 Å². The molecule has 2 heterocycles. The molecule has 1 aliphatic heterocycles. The molecule has 1 aromatic carbocycles. The molecule has 1 fully saturated rings. The largest absolute Gasteiger partial charge is 0.338 e. The number of amides is 1. The molecule has 1 unspecified atom stereocenters. The average Bonchev–Trinajstić information content (AvgIpc) is 2.82. The maximum Gasteiger partial charge on any atom is 0.223 e. The maximum atomic E-state index is 12.1. The summed E-state index contributed by atoms with van der Waals surface area (Å²) in [6.45, 7) is 1.47. The van der Waals surface area contributed by atoms with E-state index < -0.39 is 0 Å². The fourth-order valence-electron chi connectivity index (χ4n) is 2.59. The molecule has 19 heavy (non-hydrogen) atoms. The van der Waals surface area contributed by atoms with E-state index in [0.717, 1.165) is 12.1 Å². The average molecular weight is 252 g/mol. The lowest BCUT2D eigenvalue weighted by Crippen LogP contribution is -2.24. The van der Waals surface area contributed by atoms with Crippen LogP contribution in [0.1, 0.15) is 23.5 Å². The van der Waals surface area contributed by atoms with Gasteiger partial charge in [0.1, 0.15) is 0 Å². The van der Waals surface area contributed by atoms with Crippen LogP contribution in [0.25, 0.3) is 0 Å². The SMILES string of the molecule is O=C1CC(c2ccccc2)CN1Cc1cccnc1. The minimum absolute atomic E-state index is 0.234. The Labute approximate surface area is 112 Å². The van der Waals surface area contributed by atoms with E-state index in [1.165, 1.54) is 5.56 Å². The minimum atomic E-state index is 0.234. The van der Waals surface area contributed by atoms with E-state index >= 15 is 0 Å². The molecule has 96 valence electrons. The van der Waals surface area contributed by atoms with Crippen LogP contribution in [0.4, 0.5) is 0 Å². The lowest BCUT2D eigenvalue weighted by atomic mass is 9.99. The first-order chi connectivity index (χ1) is 9.33. The molecular weight excluding hydrogens is 236 g/mol. The smallest absolute Gasteiger partial charge is 0.223 e. The Morgan fingerprint density at radius 3 is 2.74 bits per heavy atom. The number of pyridine rings is 1. The second-order valence-electron chi connectivity index (χ2n) is 4.95. The van der Waals surface area contributed by atoms with Crippen LogP contribution in [0.5, 0.6) is 0 Å². The number of aromatic nitrogens is 1. The van der Waals surface area contributed by atoms with Gasteiger partial charge in [0.2, 0.25) is 5.91 Å². The van der Waals surface area contributed by atoms with Crippen molar-refractivity contribution >= 4 is 5.91 Å². The first-order valence-electron chi connectivity index (χ1n) is 6.54. The van der Waals surface area contributed by atoms with Crippen molar-refractivity contribution in [3.05, 3.63) is 66.0 Å². The molecule has 0 N–H and O–H groups in total. The second-order valence-corrected chi connectivity index (χ2v) is 4.95. The summed E-state index contributed by atoms with van der Waals surface area (Å²) in [6.07, 6.45) is 4.19. The van der Waals surface area contributed by atoms with Crippen LogP contribution in [0, 0.1) is 0 Å². The molecule has 0 radical (unpaired) electrons. The Morgan fingerprint density at radius 2 is 2.00 bits per heavy atom. The summed E-state index contributed by atoms with van der Waals surface area (Å²) in [5.41, 5.74) is 2.34. The highest BCUT2D eigenvalue weighted by molar-refractivity contribution is 5.79. The van der Waals surface area contributed by atoms with Gasteiger partial charge in [-0.15, -0.1) is 0 Å². The quantitative estimate of drug-likeness (QED) is 0.841. The highest BCUT2D eigenvalue weighted by atomic mass is 16.2. The van der Waals surface area contributed by atoms with Gasteiger partial charge in [-0.25, -0.2) is 0 Å². The molecule has 2 aromatic rings. The van der Waals surface area contributed by atoms with E-state index in [-0.39, 0.29) is 5.91 Å². The molecule has 0 spiro atoms. The van der Waals surface area contributed by atoms with Gasteiger partial charge < -0.3 is 4.90 Å². The van der Waals surface area contributed by atoms with Crippen molar-refractivity contribution in [1.82, 2.24) is 9.88 Å². The fourth-order valence-corrected chi connectivity index (χ4v) is 2.59. The van der Waals surface area contributed by atoms with E-state index in [0.29, 0.717) is 18.9 Å². The zero-order valence-corrected chi connectivity index (χ0v) is 10.7. The normalized spacial score (nSPS) is 18.8. The summed E-state index contributed by atoms with van der Waals surface area (Å²) < 4.78 is 0. The highest BCUT2D eigenvalue weighted by Gasteiger charge is 2.30. The molecule has 1 atom stereocenters. The summed E-state index contributed by atoms with van der Waals surface area (Å²) in [5.74, 6) is 0.558. The summed E-state index contributed by atoms with van der Waals surface area (Å²) in [7, 11) is 0. The molecule has 1 saturated heterocycles. The van der Waals surface area contributed by atoms with Gasteiger partial charge in [0.15, 0.2) is 0 Å². The Bertz CT molecular complexity index is 553. The summed E-state index contributed by atoms with van der Waals surface area (Å²) in [6, 6.07) is 14.2. The van der Waals surface area contributed by atoms with E-state index in [9.17, 15) is 4.79 Å². The van der Waals surface area contributed by atoms with E-state index in [4.69, 9.17) is 0 Å². The second kappa shape index (κ2) is 5.22. The number of likely N-dealkylation sites (tertiary alicyclic amines) is 1. The maximum absolute atomic E-state index is 12.1. The Hall–Kier alpha value is -2.16. The summed E-state index contributed by atoms with van der Waals surface area (Å²) in [5, 5.41) is 0. The number of carbonyl (C=O) groups excluding carboxylic acids is 1. The molecule has 0 aliphatic carbocycles. The third-order valence-corrected chi connectivity index (χ3v) is 3.58. The van der Waals surface area contributed by atoms with E-state index in [1.54, 1.807) is 6.20 Å². The molecular formula is C16H16N2O. The third kappa shape index (κ3) is 2.65. The van der Waals surface area contributed by atoms with Crippen LogP contribution < -0.4 is 0 Å². The molecule has 1 amide bonds. The predicted octanol–water partition coefficient (Wildman–Crippen LogP) is 2.60. The molecule has 0 saturated carbocycles. The van der Waals surface area contributed by atoms with Crippen molar-refractivity contribution in [3.63, 3.8) is 0 Å². The zero-order valence-electron chi connectivity index (χ0n) is 10.7. The third-order valence-electron chi connectivity index (χ3n) is 3.58. The summed E-state index contributed by atoms with van der Waals surface area (Å²) >= 11 is 0. The van der Waals surface area contributed by atoms with Gasteiger partial charge in [-0.2, -0.15) is 0 Å². The lowest BCUT2D eigenvalue weighted by molar-refractivity contribution is -0.128. The minimum Gasteiger partial charge on any atom is -0.338 e. The lowest BCUT2D eigenvalue weighted by Gasteiger charge is -2.16. The van der Waals surface area contributed by atoms with Gasteiger partial charge in [-0.05, 0) is 17.2 Å². The van der Waals surface area contributed by atoms with Gasteiger partial charge in [0.05, 0.1) is 0 Å². The number of carbonyl (C=O) groups is 1. The van der Waals surface area contributed by atoms with Gasteiger partial charge in [-0.1, -0.05) is 36.4 Å². The van der Waals surface area contributed by atoms with Crippen LogP contribution in [-0.2, 0) is 11.3 Å². The number of hydrogen-bond acceptors (Lipinski definition) is 2. The monoisotopic (exact) mass is 252 g/mol. The van der Waals surface area contributed by atoms with Crippen molar-refractivity contribution in [2.24, 2.45) is 0 Å². The predicted molar refractivity (Wildman–Crippen MR) is 73.5 cm³/mol. The Kier molecular flexibility index (Phi) is 3.27. The van der Waals surface area contributed by atoms with Crippen LogP contribution in [0.15, 0.2) is 54.9 Å². The Balaban J connectivity index is 1.71. The van der Waals surface area contributed by atoms with E-state index in [2.05, 4.69) is 17.1 Å². The number of benzene rings is 1. The number of rotatable bonds is 3. The van der Waals surface area contributed by atoms with Crippen molar-refractivity contribution < 1.29 is 4.79 Å². The molecule has 1 aliphatic rings. The van der Waals surface area contributed by atoms with E-state index in [1.807, 2.05) is 41.4 Å². The molecule has 1 aromatic heterocycles. The summed E-state index contributed by atoms with van der Waals surface area (Å²) in [4.78, 5) is 18.1. The molecule has 0 bridgehead atoms. The van der Waals surface area contributed by atoms with Gasteiger partial charge in [-0.3, -0.25) is 9.78 Å². The first-order valence-corrected chi connectivity index (χ1v) is 6.54. The Morgan fingerprint density at radius 1 is 1.16 bits per heavy atom. The standard InChI is InChI=1S/C16H16N2O/c19-16-9-15(14-6-2-1-3-7-14)12-18(16)11-13-5-4-8-17-10-13/h1-8,10,15H,9,11-12H2. The van der Waals surface area contributed by atoms with Crippen LogP contribution in [-0.4, -0.2) is 22.3 Å². The van der Waals surface area contributed by atoms with Crippen molar-refractivity contribution in [1.29, 1.82) is 0 Å². The van der Waals surface area contributed by atoms with Crippen molar-refractivity contribution in [3.8, 4) is 0 Å². The first kappa shape index (κ1) is 11.9. The molecule has 3 heteroatoms. The van der Waals surface area contributed by atoms with Crippen molar-refractivity contribution in [2.45, 2.75) is 18.9 Å². The van der Waals surface area contributed by atoms with Crippen LogP contribution in [0.3, 0.4) is 0 Å². The molecule has 3 rings (SSSR count). The fraction of sp³-hybridized carbons (Fsp3) is 0.250. The molecule has 3 nitrogen and oxygen atoms in total. The van der Waals surface area contributed by atoms with Crippen LogP contribution in [0.2, 0.25) is 0 Å². The highest BCUT2D eigenvalue weighted by Crippen LogP contribution is 2.28. The number of nitrogens with zero attached hydrogens (tertiary/aromatic N) is 2. The zero-order chi connectivity index (χ0) is 13.1. The number of hydrogen-bond donors (Lipinski definition) is 0. The van der Waals surface area contributed by atoms with Gasteiger partial charge >= 0.3 is 0 Å². The topological polar surface area (TPSA) is 33.2 Å². The van der Waals surface area contributed by atoms with Crippen molar-refractivity contribution in [2.75, 3.05) is 6.54 Å². The van der Waals surface area contributed by atoms with Crippen LogP contribution >= 0.6 is 0 Å². The van der Waals surface area contributed by atoms with Gasteiger partial charge in [0.25, 0.3) is 0 Å².